The van der Waals surface area contributed by atoms with Crippen LogP contribution in [0.15, 0.2) is 0 Å². The van der Waals surface area contributed by atoms with Crippen molar-refractivity contribution in [2.75, 3.05) is 26.2 Å². The van der Waals surface area contributed by atoms with Gasteiger partial charge in [-0.1, -0.05) is 6.92 Å². The summed E-state index contributed by atoms with van der Waals surface area (Å²) in [5.41, 5.74) is 0. The maximum Gasteiger partial charge on any atom is 0.320 e. The summed E-state index contributed by atoms with van der Waals surface area (Å²) in [7, 11) is 0. The highest BCUT2D eigenvalue weighted by atomic mass is 16.4. The van der Waals surface area contributed by atoms with Crippen molar-refractivity contribution in [1.82, 2.24) is 9.80 Å². The number of amides is 2. The molecule has 0 aromatic carbocycles. The van der Waals surface area contributed by atoms with Crippen molar-refractivity contribution in [3.63, 3.8) is 0 Å². The molecule has 114 valence electrons. The lowest BCUT2D eigenvalue weighted by molar-refractivity contribution is -0.137. The first-order valence-electron chi connectivity index (χ1n) is 7.85. The molecule has 0 aromatic heterocycles. The fraction of sp³-hybridized carbons (Fsp3) is 0.867. The monoisotopic (exact) mass is 282 g/mol. The van der Waals surface area contributed by atoms with Crippen LogP contribution in [0.5, 0.6) is 0 Å². The van der Waals surface area contributed by atoms with Crippen LogP contribution in [-0.4, -0.2) is 53.1 Å². The van der Waals surface area contributed by atoms with Gasteiger partial charge in [-0.3, -0.25) is 4.79 Å². The van der Waals surface area contributed by atoms with Crippen molar-refractivity contribution in [3.8, 4) is 0 Å². The molecule has 1 aliphatic heterocycles. The zero-order valence-corrected chi connectivity index (χ0v) is 12.4. The number of carboxylic acids is 1. The second-order valence-corrected chi connectivity index (χ2v) is 6.21. The number of likely N-dealkylation sites (tertiary alicyclic amines) is 1. The Bertz CT molecular complexity index is 355. The zero-order valence-electron chi connectivity index (χ0n) is 12.4. The summed E-state index contributed by atoms with van der Waals surface area (Å²) >= 11 is 0. The van der Waals surface area contributed by atoms with Gasteiger partial charge in [0, 0.05) is 32.6 Å². The van der Waals surface area contributed by atoms with Crippen LogP contribution in [0.2, 0.25) is 0 Å². The number of rotatable bonds is 7. The summed E-state index contributed by atoms with van der Waals surface area (Å²) in [5, 5.41) is 8.72. The van der Waals surface area contributed by atoms with Gasteiger partial charge in [0.25, 0.3) is 0 Å². The molecule has 0 aromatic rings. The number of nitrogens with zero attached hydrogens (tertiary/aromatic N) is 2. The molecule has 2 aliphatic rings. The van der Waals surface area contributed by atoms with E-state index in [-0.39, 0.29) is 12.5 Å². The summed E-state index contributed by atoms with van der Waals surface area (Å²) in [4.78, 5) is 27.0. The molecule has 20 heavy (non-hydrogen) atoms. The Morgan fingerprint density at radius 1 is 1.25 bits per heavy atom. The second-order valence-electron chi connectivity index (χ2n) is 6.21. The van der Waals surface area contributed by atoms with E-state index in [1.165, 1.54) is 12.8 Å². The van der Waals surface area contributed by atoms with Crippen LogP contribution in [0.1, 0.15) is 45.4 Å². The minimum absolute atomic E-state index is 0.163. The summed E-state index contributed by atoms with van der Waals surface area (Å²) in [6, 6.07) is 0.163. The van der Waals surface area contributed by atoms with Crippen molar-refractivity contribution in [1.29, 1.82) is 0 Å². The number of hydrogen-bond acceptors (Lipinski definition) is 2. The third-order valence-corrected chi connectivity index (χ3v) is 4.26. The molecule has 1 unspecified atom stereocenters. The van der Waals surface area contributed by atoms with E-state index < -0.39 is 5.97 Å². The Morgan fingerprint density at radius 3 is 2.60 bits per heavy atom. The Kier molecular flexibility index (Phi) is 5.26. The molecule has 0 bridgehead atoms. The van der Waals surface area contributed by atoms with E-state index in [1.54, 1.807) is 0 Å². The molecule has 1 saturated heterocycles. The maximum absolute atomic E-state index is 12.5. The van der Waals surface area contributed by atoms with Gasteiger partial charge in [-0.05, 0) is 43.9 Å². The third kappa shape index (κ3) is 4.39. The van der Waals surface area contributed by atoms with E-state index >= 15 is 0 Å². The number of carbonyl (C=O) groups excluding carboxylic acids is 1. The van der Waals surface area contributed by atoms with Crippen LogP contribution in [0.3, 0.4) is 0 Å². The van der Waals surface area contributed by atoms with Crippen molar-refractivity contribution >= 4 is 12.0 Å². The predicted molar refractivity (Wildman–Crippen MR) is 76.5 cm³/mol. The van der Waals surface area contributed by atoms with E-state index in [4.69, 9.17) is 5.11 Å². The van der Waals surface area contributed by atoms with Crippen molar-refractivity contribution in [2.24, 2.45) is 11.8 Å². The largest absolute Gasteiger partial charge is 0.481 e. The highest BCUT2D eigenvalue weighted by molar-refractivity contribution is 5.74. The Labute approximate surface area is 120 Å². The molecule has 2 amide bonds. The van der Waals surface area contributed by atoms with Crippen LogP contribution >= 0.6 is 0 Å². The normalized spacial score (nSPS) is 22.1. The van der Waals surface area contributed by atoms with Gasteiger partial charge in [0.15, 0.2) is 0 Å². The number of carboxylic acid groups (broad SMARTS) is 1. The first-order chi connectivity index (χ1) is 9.60. The highest BCUT2D eigenvalue weighted by Gasteiger charge is 2.32. The van der Waals surface area contributed by atoms with Crippen LogP contribution < -0.4 is 0 Å². The number of urea groups is 1. The minimum Gasteiger partial charge on any atom is -0.481 e. The van der Waals surface area contributed by atoms with Crippen molar-refractivity contribution in [2.45, 2.75) is 45.4 Å². The molecule has 5 heteroatoms. The molecule has 1 saturated carbocycles. The number of hydrogen-bond donors (Lipinski definition) is 1. The lowest BCUT2D eigenvalue weighted by atomic mass is 10.0. The zero-order chi connectivity index (χ0) is 14.5. The van der Waals surface area contributed by atoms with Gasteiger partial charge < -0.3 is 14.9 Å². The van der Waals surface area contributed by atoms with Gasteiger partial charge in [-0.2, -0.15) is 0 Å². The fourth-order valence-electron chi connectivity index (χ4n) is 2.92. The topological polar surface area (TPSA) is 60.9 Å². The standard InChI is InChI=1S/C15H26N2O3/c1-2-8-16(10-12-3-4-12)15(20)17-9-7-13(11-17)5-6-14(18)19/h12-13H,2-11H2,1H3,(H,18,19). The van der Waals surface area contributed by atoms with Gasteiger partial charge in [0.1, 0.15) is 0 Å². The van der Waals surface area contributed by atoms with Crippen molar-refractivity contribution in [3.05, 3.63) is 0 Å². The fourth-order valence-corrected chi connectivity index (χ4v) is 2.92. The molecule has 1 atom stereocenters. The smallest absolute Gasteiger partial charge is 0.320 e. The number of carbonyl (C=O) groups is 2. The van der Waals surface area contributed by atoms with Gasteiger partial charge in [0.2, 0.25) is 0 Å². The van der Waals surface area contributed by atoms with E-state index in [0.29, 0.717) is 12.3 Å². The predicted octanol–water partition coefficient (Wildman–Crippen LogP) is 2.42. The SMILES string of the molecule is CCCN(CC1CC1)C(=O)N1CCC(CCC(=O)O)C1. The maximum atomic E-state index is 12.5. The second kappa shape index (κ2) is 6.95. The van der Waals surface area contributed by atoms with Crippen LogP contribution in [0.4, 0.5) is 4.79 Å². The molecule has 2 rings (SSSR count). The summed E-state index contributed by atoms with van der Waals surface area (Å²) in [5.74, 6) is 0.339. The number of aliphatic carboxylic acids is 1. The van der Waals surface area contributed by atoms with Gasteiger partial charge in [-0.15, -0.1) is 0 Å². The average molecular weight is 282 g/mol. The lowest BCUT2D eigenvalue weighted by Crippen LogP contribution is -2.43. The molecule has 0 radical (unpaired) electrons. The molecule has 1 aliphatic carbocycles. The van der Waals surface area contributed by atoms with Gasteiger partial charge in [-0.25, -0.2) is 4.79 Å². The summed E-state index contributed by atoms with van der Waals surface area (Å²) < 4.78 is 0. The molecular weight excluding hydrogens is 256 g/mol. The van der Waals surface area contributed by atoms with E-state index in [9.17, 15) is 9.59 Å². The Morgan fingerprint density at radius 2 is 2.00 bits per heavy atom. The average Bonchev–Trinajstić information content (AvgIpc) is 3.10. The Hall–Kier alpha value is -1.26. The summed E-state index contributed by atoms with van der Waals surface area (Å²) in [6.07, 6.45) is 5.36. The first kappa shape index (κ1) is 15.1. The van der Waals surface area contributed by atoms with Crippen molar-refractivity contribution < 1.29 is 14.7 Å². The Balaban J connectivity index is 1.80. The quantitative estimate of drug-likeness (QED) is 0.780. The highest BCUT2D eigenvalue weighted by Crippen LogP contribution is 2.30. The molecule has 1 N–H and O–H groups in total. The molecule has 2 fully saturated rings. The third-order valence-electron chi connectivity index (χ3n) is 4.26. The van der Waals surface area contributed by atoms with E-state index in [2.05, 4.69) is 6.92 Å². The molecule has 5 nitrogen and oxygen atoms in total. The van der Waals surface area contributed by atoms with E-state index in [0.717, 1.165) is 44.9 Å². The molecule has 0 spiro atoms. The van der Waals surface area contributed by atoms with Crippen LogP contribution in [0.25, 0.3) is 0 Å². The van der Waals surface area contributed by atoms with Gasteiger partial charge in [0.05, 0.1) is 0 Å². The lowest BCUT2D eigenvalue weighted by Gasteiger charge is -2.28. The molecular formula is C15H26N2O3. The van der Waals surface area contributed by atoms with Crippen LogP contribution in [-0.2, 0) is 4.79 Å². The molecule has 1 heterocycles. The summed E-state index contributed by atoms with van der Waals surface area (Å²) in [6.45, 7) is 5.37. The van der Waals surface area contributed by atoms with E-state index in [1.807, 2.05) is 9.80 Å². The van der Waals surface area contributed by atoms with Crippen LogP contribution in [0, 0.1) is 11.8 Å². The van der Waals surface area contributed by atoms with Gasteiger partial charge >= 0.3 is 12.0 Å². The first-order valence-corrected chi connectivity index (χ1v) is 7.85. The minimum atomic E-state index is -0.740.